The molecule has 0 aliphatic rings. The van der Waals surface area contributed by atoms with Crippen molar-refractivity contribution < 1.29 is 14.6 Å². The standard InChI is InChI=1S/C13H10BrNO3/c1-8-6-9(2-3-11(8)14)18-12-7-15-5-4-10(12)13(16)17/h2-7H,1H3,(H,16,17). The molecule has 0 spiro atoms. The first-order chi connectivity index (χ1) is 8.58. The summed E-state index contributed by atoms with van der Waals surface area (Å²) in [6, 6.07) is 6.84. The van der Waals surface area contributed by atoms with E-state index in [4.69, 9.17) is 9.84 Å². The number of hydrogen-bond donors (Lipinski definition) is 1. The van der Waals surface area contributed by atoms with Crippen LogP contribution >= 0.6 is 15.9 Å². The van der Waals surface area contributed by atoms with Crippen LogP contribution in [0.4, 0.5) is 0 Å². The lowest BCUT2D eigenvalue weighted by molar-refractivity contribution is 0.0694. The van der Waals surface area contributed by atoms with Gasteiger partial charge in [-0.3, -0.25) is 4.98 Å². The van der Waals surface area contributed by atoms with Gasteiger partial charge in [0.1, 0.15) is 11.3 Å². The molecule has 0 atom stereocenters. The number of rotatable bonds is 3. The molecule has 0 aliphatic heterocycles. The summed E-state index contributed by atoms with van der Waals surface area (Å²) in [5.74, 6) is -0.237. The summed E-state index contributed by atoms with van der Waals surface area (Å²) in [6.07, 6.45) is 2.81. The largest absolute Gasteiger partial charge is 0.478 e. The number of carboxylic acid groups (broad SMARTS) is 1. The van der Waals surface area contributed by atoms with E-state index in [-0.39, 0.29) is 11.3 Å². The number of nitrogens with zero attached hydrogens (tertiary/aromatic N) is 1. The number of aryl methyl sites for hydroxylation is 1. The van der Waals surface area contributed by atoms with Crippen molar-refractivity contribution in [1.29, 1.82) is 0 Å². The minimum atomic E-state index is -1.04. The summed E-state index contributed by atoms with van der Waals surface area (Å²) in [5.41, 5.74) is 1.10. The van der Waals surface area contributed by atoms with Gasteiger partial charge in [-0.2, -0.15) is 0 Å². The van der Waals surface area contributed by atoms with Crippen LogP contribution in [0.5, 0.6) is 11.5 Å². The van der Waals surface area contributed by atoms with Crippen molar-refractivity contribution in [3.8, 4) is 11.5 Å². The molecule has 0 saturated carbocycles. The predicted molar refractivity (Wildman–Crippen MR) is 70.1 cm³/mol. The molecule has 0 fully saturated rings. The lowest BCUT2D eigenvalue weighted by atomic mass is 10.2. The fraction of sp³-hybridized carbons (Fsp3) is 0.0769. The summed E-state index contributed by atoms with van der Waals surface area (Å²) in [5, 5.41) is 9.03. The molecule has 0 unspecified atom stereocenters. The fourth-order valence-electron chi connectivity index (χ4n) is 1.45. The molecule has 1 aromatic carbocycles. The fourth-order valence-corrected chi connectivity index (χ4v) is 1.69. The van der Waals surface area contributed by atoms with Gasteiger partial charge in [-0.25, -0.2) is 4.79 Å². The number of aromatic nitrogens is 1. The molecular formula is C13H10BrNO3. The molecule has 2 aromatic rings. The number of ether oxygens (including phenoxy) is 1. The first-order valence-electron chi connectivity index (χ1n) is 5.19. The Bertz CT molecular complexity index is 599. The number of aromatic carboxylic acids is 1. The highest BCUT2D eigenvalue weighted by atomic mass is 79.9. The highest BCUT2D eigenvalue weighted by Gasteiger charge is 2.11. The van der Waals surface area contributed by atoms with Crippen LogP contribution in [0.1, 0.15) is 15.9 Å². The van der Waals surface area contributed by atoms with Crippen LogP contribution in [0, 0.1) is 6.92 Å². The lowest BCUT2D eigenvalue weighted by Crippen LogP contribution is -2.00. The molecule has 0 radical (unpaired) electrons. The van der Waals surface area contributed by atoms with Crippen LogP contribution in [0.25, 0.3) is 0 Å². The second kappa shape index (κ2) is 5.18. The van der Waals surface area contributed by atoms with Gasteiger partial charge in [-0.1, -0.05) is 15.9 Å². The predicted octanol–water partition coefficient (Wildman–Crippen LogP) is 3.64. The van der Waals surface area contributed by atoms with Gasteiger partial charge in [0.25, 0.3) is 0 Å². The zero-order chi connectivity index (χ0) is 13.1. The van der Waals surface area contributed by atoms with E-state index < -0.39 is 5.97 Å². The molecule has 0 aliphatic carbocycles. The maximum atomic E-state index is 11.0. The van der Waals surface area contributed by atoms with Crippen LogP contribution in [0.2, 0.25) is 0 Å². The highest BCUT2D eigenvalue weighted by molar-refractivity contribution is 9.10. The van der Waals surface area contributed by atoms with E-state index in [2.05, 4.69) is 20.9 Å². The molecule has 0 bridgehead atoms. The van der Waals surface area contributed by atoms with Gasteiger partial charge >= 0.3 is 5.97 Å². The first kappa shape index (κ1) is 12.6. The van der Waals surface area contributed by atoms with Crippen LogP contribution in [0.3, 0.4) is 0 Å². The quantitative estimate of drug-likeness (QED) is 0.940. The molecule has 0 saturated heterocycles. The Hall–Kier alpha value is -1.88. The Balaban J connectivity index is 2.34. The van der Waals surface area contributed by atoms with E-state index in [1.807, 2.05) is 19.1 Å². The summed E-state index contributed by atoms with van der Waals surface area (Å²) in [7, 11) is 0. The third kappa shape index (κ3) is 2.68. The van der Waals surface area contributed by atoms with Crippen LogP contribution < -0.4 is 4.74 Å². The molecule has 18 heavy (non-hydrogen) atoms. The van der Waals surface area contributed by atoms with E-state index in [0.717, 1.165) is 10.0 Å². The zero-order valence-electron chi connectivity index (χ0n) is 9.55. The Morgan fingerprint density at radius 3 is 2.83 bits per heavy atom. The van der Waals surface area contributed by atoms with Crippen LogP contribution in [-0.4, -0.2) is 16.1 Å². The number of carbonyl (C=O) groups is 1. The Morgan fingerprint density at radius 1 is 1.39 bits per heavy atom. The van der Waals surface area contributed by atoms with Crippen molar-refractivity contribution in [2.45, 2.75) is 6.92 Å². The van der Waals surface area contributed by atoms with E-state index in [1.165, 1.54) is 18.5 Å². The Morgan fingerprint density at radius 2 is 2.17 bits per heavy atom. The molecule has 0 amide bonds. The molecule has 2 rings (SSSR count). The van der Waals surface area contributed by atoms with Crippen molar-refractivity contribution >= 4 is 21.9 Å². The SMILES string of the molecule is Cc1cc(Oc2cnccc2C(=O)O)ccc1Br. The van der Waals surface area contributed by atoms with Gasteiger partial charge in [0.05, 0.1) is 6.20 Å². The molecule has 1 aromatic heterocycles. The third-order valence-corrected chi connectivity index (χ3v) is 3.26. The molecular weight excluding hydrogens is 298 g/mol. The maximum absolute atomic E-state index is 11.0. The number of carboxylic acids is 1. The van der Waals surface area contributed by atoms with Crippen LogP contribution in [-0.2, 0) is 0 Å². The second-order valence-corrected chi connectivity index (χ2v) is 4.54. The molecule has 1 heterocycles. The number of hydrogen-bond acceptors (Lipinski definition) is 3. The average molecular weight is 308 g/mol. The van der Waals surface area contributed by atoms with Gasteiger partial charge in [-0.05, 0) is 36.8 Å². The van der Waals surface area contributed by atoms with Gasteiger partial charge in [0, 0.05) is 10.7 Å². The highest BCUT2D eigenvalue weighted by Crippen LogP contribution is 2.27. The maximum Gasteiger partial charge on any atom is 0.339 e. The normalized spacial score (nSPS) is 10.1. The molecule has 4 nitrogen and oxygen atoms in total. The number of benzene rings is 1. The molecule has 1 N–H and O–H groups in total. The smallest absolute Gasteiger partial charge is 0.339 e. The summed E-state index contributed by atoms with van der Waals surface area (Å²) in [4.78, 5) is 14.9. The minimum Gasteiger partial charge on any atom is -0.478 e. The van der Waals surface area contributed by atoms with Crippen molar-refractivity contribution in [2.24, 2.45) is 0 Å². The van der Waals surface area contributed by atoms with Crippen LogP contribution in [0.15, 0.2) is 41.1 Å². The van der Waals surface area contributed by atoms with Gasteiger partial charge < -0.3 is 9.84 Å². The van der Waals surface area contributed by atoms with E-state index in [1.54, 1.807) is 6.07 Å². The summed E-state index contributed by atoms with van der Waals surface area (Å²) in [6.45, 7) is 1.93. The number of pyridine rings is 1. The van der Waals surface area contributed by atoms with Crippen molar-refractivity contribution in [3.63, 3.8) is 0 Å². The molecule has 5 heteroatoms. The van der Waals surface area contributed by atoms with Crippen molar-refractivity contribution in [3.05, 3.63) is 52.3 Å². The van der Waals surface area contributed by atoms with Gasteiger partial charge in [0.2, 0.25) is 0 Å². The lowest BCUT2D eigenvalue weighted by Gasteiger charge is -2.09. The Kier molecular flexibility index (Phi) is 3.62. The first-order valence-corrected chi connectivity index (χ1v) is 5.98. The zero-order valence-corrected chi connectivity index (χ0v) is 11.1. The van der Waals surface area contributed by atoms with Gasteiger partial charge in [0.15, 0.2) is 5.75 Å². The Labute approximate surface area is 112 Å². The monoisotopic (exact) mass is 307 g/mol. The topological polar surface area (TPSA) is 59.4 Å². The number of halogens is 1. The van der Waals surface area contributed by atoms with E-state index >= 15 is 0 Å². The average Bonchev–Trinajstić information content (AvgIpc) is 2.34. The van der Waals surface area contributed by atoms with Crippen molar-refractivity contribution in [1.82, 2.24) is 4.98 Å². The summed E-state index contributed by atoms with van der Waals surface area (Å²) >= 11 is 3.39. The molecule has 92 valence electrons. The second-order valence-electron chi connectivity index (χ2n) is 3.69. The van der Waals surface area contributed by atoms with Crippen molar-refractivity contribution in [2.75, 3.05) is 0 Å². The van der Waals surface area contributed by atoms with Gasteiger partial charge in [-0.15, -0.1) is 0 Å². The third-order valence-electron chi connectivity index (χ3n) is 2.37. The van der Waals surface area contributed by atoms with E-state index in [9.17, 15) is 4.79 Å². The minimum absolute atomic E-state index is 0.0885. The summed E-state index contributed by atoms with van der Waals surface area (Å²) < 4.78 is 6.51. The van der Waals surface area contributed by atoms with E-state index in [0.29, 0.717) is 5.75 Å².